The number of aromatic nitrogens is 6. The monoisotopic (exact) mass is 935 g/mol. The molecule has 3 atom stereocenters. The number of alkyl halides is 2. The quantitative estimate of drug-likeness (QED) is 0.142. The number of carbonyl (C=O) groups is 3. The normalized spacial score (nSPS) is 19.1. The molecule has 3 unspecified atom stereocenters. The highest BCUT2D eigenvalue weighted by atomic mass is 19.3. The van der Waals surface area contributed by atoms with Crippen LogP contribution >= 0.6 is 0 Å². The molecule has 68 heavy (non-hydrogen) atoms. The van der Waals surface area contributed by atoms with Gasteiger partial charge in [-0.3, -0.25) is 48.6 Å². The molecule has 2 N–H and O–H groups in total. The number of piperazine rings is 1. The second-order valence-electron chi connectivity index (χ2n) is 17.7. The Morgan fingerprint density at radius 2 is 1.76 bits per heavy atom. The number of carbonyl (C=O) groups excluding carboxylic acids is 3. The van der Waals surface area contributed by atoms with Crippen molar-refractivity contribution in [1.82, 2.24) is 43.8 Å². The number of benzene rings is 1. The first-order valence-electron chi connectivity index (χ1n) is 23.1. The fraction of sp³-hybridized carbons (Fsp3) is 0.449. The number of imidazole rings is 1. The molecule has 3 amide bonds. The Labute approximate surface area is 393 Å². The van der Waals surface area contributed by atoms with E-state index in [4.69, 9.17) is 14.5 Å². The van der Waals surface area contributed by atoms with Crippen molar-refractivity contribution in [2.45, 2.75) is 70.2 Å². The third-order valence-corrected chi connectivity index (χ3v) is 13.2. The average molecular weight is 936 g/mol. The number of nitrogens with one attached hydrogen (secondary N) is 2. The number of piperidine rings is 1. The lowest BCUT2D eigenvalue weighted by molar-refractivity contribution is -0.129. The number of rotatable bonds is 13. The summed E-state index contributed by atoms with van der Waals surface area (Å²) in [7, 11) is 5.31. The zero-order valence-electron chi connectivity index (χ0n) is 39.2. The lowest BCUT2D eigenvalue weighted by Crippen LogP contribution is -2.61. The van der Waals surface area contributed by atoms with Gasteiger partial charge in [0.2, 0.25) is 18.2 Å². The Morgan fingerprint density at radius 1 is 0.956 bits per heavy atom. The van der Waals surface area contributed by atoms with Crippen LogP contribution in [0.4, 0.5) is 20.3 Å². The van der Waals surface area contributed by atoms with Gasteiger partial charge in [-0.25, -0.2) is 18.6 Å². The summed E-state index contributed by atoms with van der Waals surface area (Å²) in [4.78, 5) is 68.3. The van der Waals surface area contributed by atoms with Crippen LogP contribution in [0, 0.1) is 0 Å². The molecule has 3 fully saturated rings. The van der Waals surface area contributed by atoms with Crippen molar-refractivity contribution < 1.29 is 32.6 Å². The van der Waals surface area contributed by atoms with Crippen molar-refractivity contribution in [1.29, 1.82) is 0 Å². The molecule has 3 aliphatic rings. The van der Waals surface area contributed by atoms with E-state index in [0.29, 0.717) is 87.9 Å². The van der Waals surface area contributed by atoms with Crippen molar-refractivity contribution in [3.8, 4) is 22.5 Å². The SMILES string of the molecule is CCCC(C(=O)NC=O)n1c(=O)n(C)c2cc(N3CCN(C4CCN(Cc5ccc(-c6ccnc(-c7cn(C)c8cnc(NC(C)=O)cc78)c6)nc5)CC4(F)F)CC3)ccc21.COC1CCOC1. The summed E-state index contributed by atoms with van der Waals surface area (Å²) in [6.45, 7) is 7.60. The second-order valence-corrected chi connectivity index (χ2v) is 17.7. The molecule has 0 saturated carbocycles. The number of imide groups is 1. The number of methoxy groups -OCH3 is 1. The van der Waals surface area contributed by atoms with Crippen LogP contribution in [0.5, 0.6) is 0 Å². The fourth-order valence-corrected chi connectivity index (χ4v) is 9.64. The molecule has 19 heteroatoms. The molecule has 1 aromatic carbocycles. The number of aryl methyl sites for hydroxylation is 2. The number of fused-ring (bicyclic) bond motifs is 2. The average Bonchev–Trinajstić information content (AvgIpc) is 4.05. The van der Waals surface area contributed by atoms with Gasteiger partial charge in [0.05, 0.1) is 59.4 Å². The van der Waals surface area contributed by atoms with Crippen LogP contribution in [0.1, 0.15) is 51.1 Å². The highest BCUT2D eigenvalue weighted by Crippen LogP contribution is 2.35. The number of likely N-dealkylation sites (tertiary alicyclic amines) is 1. The minimum Gasteiger partial charge on any atom is -0.379 e. The molecule has 3 saturated heterocycles. The lowest BCUT2D eigenvalue weighted by Gasteiger charge is -2.46. The number of nitrogens with zero attached hydrogens (tertiary/aromatic N) is 9. The fourth-order valence-electron chi connectivity index (χ4n) is 9.64. The predicted molar refractivity (Wildman–Crippen MR) is 255 cm³/mol. The van der Waals surface area contributed by atoms with E-state index in [0.717, 1.165) is 64.3 Å². The second kappa shape index (κ2) is 20.8. The van der Waals surface area contributed by atoms with Gasteiger partial charge in [0, 0.05) is 115 Å². The first-order chi connectivity index (χ1) is 32.8. The molecule has 3 aliphatic heterocycles. The Hall–Kier alpha value is -6.41. The van der Waals surface area contributed by atoms with E-state index in [9.17, 15) is 19.2 Å². The number of amides is 3. The molecule has 0 aliphatic carbocycles. The number of hydrogen-bond donors (Lipinski definition) is 2. The summed E-state index contributed by atoms with van der Waals surface area (Å²) < 4.78 is 46.8. The minimum absolute atomic E-state index is 0.204. The molecule has 17 nitrogen and oxygen atoms in total. The van der Waals surface area contributed by atoms with Crippen LogP contribution in [-0.2, 0) is 44.5 Å². The summed E-state index contributed by atoms with van der Waals surface area (Å²) in [6.07, 6.45) is 10.3. The van der Waals surface area contributed by atoms with E-state index < -0.39 is 23.9 Å². The number of hydrogen-bond acceptors (Lipinski definition) is 12. The van der Waals surface area contributed by atoms with Crippen LogP contribution in [0.25, 0.3) is 44.5 Å². The van der Waals surface area contributed by atoms with Gasteiger partial charge in [-0.1, -0.05) is 19.4 Å². The summed E-state index contributed by atoms with van der Waals surface area (Å²) in [5, 5.41) is 5.83. The van der Waals surface area contributed by atoms with Gasteiger partial charge < -0.3 is 24.3 Å². The largest absolute Gasteiger partial charge is 0.379 e. The number of pyridine rings is 3. The molecular formula is C49H59F2N11O6. The molecule has 0 bridgehead atoms. The zero-order valence-corrected chi connectivity index (χ0v) is 39.2. The van der Waals surface area contributed by atoms with Crippen LogP contribution in [0.3, 0.4) is 0 Å². The van der Waals surface area contributed by atoms with E-state index in [2.05, 4.69) is 25.5 Å². The molecule has 360 valence electrons. The zero-order chi connectivity index (χ0) is 48.1. The Kier molecular flexibility index (Phi) is 14.7. The van der Waals surface area contributed by atoms with E-state index >= 15 is 8.78 Å². The molecule has 8 heterocycles. The standard InChI is InChI=1S/C44H49F2N11O4.C5H10O2/c1-5-6-37(42(60)50-27-58)57-36-10-8-31(20-38(36)53(4)43(57)61)55-15-17-56(18-16-55)40-12-14-54(26-44(40,45)46)24-29-7-9-34(48-22-29)30-11-13-47-35(19-30)33-25-52(3)39-23-49-41(21-32(33)39)51-28(2)59;1-6-5-2-3-7-4-5/h7-11,13,19-23,25,27,37,40H,5-6,12,14-18,24,26H2,1-4H3,(H,49,51,59)(H,50,58,60);5H,2-4H2,1H3. The van der Waals surface area contributed by atoms with Crippen LogP contribution in [-0.4, -0.2) is 134 Å². The summed E-state index contributed by atoms with van der Waals surface area (Å²) in [6, 6.07) is 13.5. The van der Waals surface area contributed by atoms with Crippen molar-refractivity contribution in [2.24, 2.45) is 14.1 Å². The van der Waals surface area contributed by atoms with Gasteiger partial charge in [0.1, 0.15) is 11.9 Å². The van der Waals surface area contributed by atoms with Gasteiger partial charge in [-0.2, -0.15) is 0 Å². The van der Waals surface area contributed by atoms with Gasteiger partial charge in [-0.05, 0) is 67.3 Å². The molecule has 5 aromatic heterocycles. The van der Waals surface area contributed by atoms with Crippen LogP contribution in [0.2, 0.25) is 0 Å². The van der Waals surface area contributed by atoms with E-state index in [1.54, 1.807) is 37.6 Å². The van der Waals surface area contributed by atoms with Crippen molar-refractivity contribution in [2.75, 3.05) is 69.8 Å². The summed E-state index contributed by atoms with van der Waals surface area (Å²) in [5.74, 6) is -3.19. The molecule has 0 radical (unpaired) electrons. The third kappa shape index (κ3) is 10.3. The Morgan fingerprint density at radius 3 is 2.43 bits per heavy atom. The van der Waals surface area contributed by atoms with E-state index in [1.165, 1.54) is 16.1 Å². The predicted octanol–water partition coefficient (Wildman–Crippen LogP) is 5.38. The summed E-state index contributed by atoms with van der Waals surface area (Å²) >= 11 is 0. The van der Waals surface area contributed by atoms with Crippen LogP contribution < -0.4 is 21.2 Å². The molecule has 0 spiro atoms. The molecular weight excluding hydrogens is 877 g/mol. The maximum Gasteiger partial charge on any atom is 0.329 e. The van der Waals surface area contributed by atoms with Gasteiger partial charge in [0.25, 0.3) is 5.92 Å². The van der Waals surface area contributed by atoms with E-state index in [-0.39, 0.29) is 18.1 Å². The smallest absolute Gasteiger partial charge is 0.329 e. The van der Waals surface area contributed by atoms with Crippen LogP contribution in [0.15, 0.2) is 78.1 Å². The van der Waals surface area contributed by atoms with Crippen molar-refractivity contribution in [3.05, 3.63) is 89.4 Å². The highest BCUT2D eigenvalue weighted by Gasteiger charge is 2.48. The number of anilines is 2. The first-order valence-corrected chi connectivity index (χ1v) is 23.1. The highest BCUT2D eigenvalue weighted by molar-refractivity contribution is 5.98. The molecule has 6 aromatic rings. The topological polar surface area (TPSA) is 174 Å². The van der Waals surface area contributed by atoms with Crippen molar-refractivity contribution in [3.63, 3.8) is 0 Å². The molecule has 9 rings (SSSR count). The lowest BCUT2D eigenvalue weighted by atomic mass is 9.97. The van der Waals surface area contributed by atoms with Gasteiger partial charge in [-0.15, -0.1) is 0 Å². The first kappa shape index (κ1) is 48.1. The Balaban J connectivity index is 0.000000819. The Bertz CT molecular complexity index is 2810. The third-order valence-electron chi connectivity index (χ3n) is 13.2. The minimum atomic E-state index is -2.91. The van der Waals surface area contributed by atoms with Crippen molar-refractivity contribution >= 4 is 51.7 Å². The maximum atomic E-state index is 15.9. The number of ether oxygens (including phenoxy) is 2. The van der Waals surface area contributed by atoms with Gasteiger partial charge >= 0.3 is 5.69 Å². The van der Waals surface area contributed by atoms with Gasteiger partial charge in [0.15, 0.2) is 0 Å². The summed E-state index contributed by atoms with van der Waals surface area (Å²) in [5.41, 5.74) is 6.73. The van der Waals surface area contributed by atoms with E-state index in [1.807, 2.05) is 78.2 Å². The maximum absolute atomic E-state index is 15.9. The number of halogens is 2.